The standard InChI is InChI=1S/C15H28N2O3/c1-11(2)17(12(3)4)14(18)10-16-8-6-7-13(9-16)15(19)20-5/h11-13H,6-10H2,1-5H3. The van der Waals surface area contributed by atoms with E-state index in [0.717, 1.165) is 19.4 Å². The molecular weight excluding hydrogens is 256 g/mol. The minimum Gasteiger partial charge on any atom is -0.469 e. The summed E-state index contributed by atoms with van der Waals surface area (Å²) in [5.74, 6) is -0.111. The molecule has 1 heterocycles. The number of ether oxygens (including phenoxy) is 1. The normalized spacial score (nSPS) is 20.2. The van der Waals surface area contributed by atoms with Crippen LogP contribution in [0.25, 0.3) is 0 Å². The van der Waals surface area contributed by atoms with E-state index >= 15 is 0 Å². The number of carbonyl (C=O) groups is 2. The van der Waals surface area contributed by atoms with Crippen LogP contribution in [0, 0.1) is 5.92 Å². The molecule has 0 N–H and O–H groups in total. The highest BCUT2D eigenvalue weighted by molar-refractivity contribution is 5.79. The maximum atomic E-state index is 12.4. The van der Waals surface area contributed by atoms with E-state index < -0.39 is 0 Å². The average Bonchev–Trinajstić information content (AvgIpc) is 2.37. The lowest BCUT2D eigenvalue weighted by atomic mass is 9.98. The molecule has 1 unspecified atom stereocenters. The molecule has 1 aliphatic heterocycles. The van der Waals surface area contributed by atoms with Crippen LogP contribution in [0.2, 0.25) is 0 Å². The lowest BCUT2D eigenvalue weighted by Gasteiger charge is -2.35. The van der Waals surface area contributed by atoms with Gasteiger partial charge >= 0.3 is 5.97 Å². The molecule has 1 fully saturated rings. The Balaban J connectivity index is 2.58. The largest absolute Gasteiger partial charge is 0.469 e. The van der Waals surface area contributed by atoms with Gasteiger partial charge in [0.05, 0.1) is 19.6 Å². The molecule has 20 heavy (non-hydrogen) atoms. The van der Waals surface area contributed by atoms with Gasteiger partial charge in [0.15, 0.2) is 0 Å². The number of likely N-dealkylation sites (tertiary alicyclic amines) is 1. The number of hydrogen-bond acceptors (Lipinski definition) is 4. The third-order valence-corrected chi connectivity index (χ3v) is 3.80. The van der Waals surface area contributed by atoms with Crippen molar-refractivity contribution < 1.29 is 14.3 Å². The number of esters is 1. The minimum atomic E-state index is -0.160. The Labute approximate surface area is 122 Å². The zero-order valence-corrected chi connectivity index (χ0v) is 13.4. The molecule has 0 aromatic carbocycles. The van der Waals surface area contributed by atoms with Crippen molar-refractivity contribution in [3.63, 3.8) is 0 Å². The first-order valence-electron chi connectivity index (χ1n) is 7.48. The summed E-state index contributed by atoms with van der Waals surface area (Å²) in [6, 6.07) is 0.396. The summed E-state index contributed by atoms with van der Waals surface area (Å²) in [7, 11) is 1.42. The van der Waals surface area contributed by atoms with Gasteiger partial charge in [0, 0.05) is 18.6 Å². The number of carbonyl (C=O) groups excluding carboxylic acids is 2. The van der Waals surface area contributed by atoms with Crippen molar-refractivity contribution >= 4 is 11.9 Å². The smallest absolute Gasteiger partial charge is 0.309 e. The maximum absolute atomic E-state index is 12.4. The Morgan fingerprint density at radius 2 is 1.85 bits per heavy atom. The number of rotatable bonds is 5. The van der Waals surface area contributed by atoms with Gasteiger partial charge in [-0.15, -0.1) is 0 Å². The first-order chi connectivity index (χ1) is 9.36. The van der Waals surface area contributed by atoms with Crippen LogP contribution in [-0.2, 0) is 14.3 Å². The summed E-state index contributed by atoms with van der Waals surface area (Å²) in [6.07, 6.45) is 1.80. The van der Waals surface area contributed by atoms with E-state index in [0.29, 0.717) is 13.1 Å². The average molecular weight is 284 g/mol. The van der Waals surface area contributed by atoms with Crippen molar-refractivity contribution in [3.05, 3.63) is 0 Å². The molecule has 0 spiro atoms. The van der Waals surface area contributed by atoms with Crippen molar-refractivity contribution in [2.45, 2.75) is 52.6 Å². The highest BCUT2D eigenvalue weighted by Gasteiger charge is 2.29. The van der Waals surface area contributed by atoms with Gasteiger partial charge in [0.2, 0.25) is 5.91 Å². The molecule has 0 radical (unpaired) electrons. The molecule has 5 nitrogen and oxygen atoms in total. The van der Waals surface area contributed by atoms with E-state index in [1.807, 2.05) is 32.6 Å². The van der Waals surface area contributed by atoms with Gasteiger partial charge in [0.25, 0.3) is 0 Å². The summed E-state index contributed by atoms with van der Waals surface area (Å²) in [4.78, 5) is 28.0. The fourth-order valence-corrected chi connectivity index (χ4v) is 3.00. The number of methoxy groups -OCH3 is 1. The van der Waals surface area contributed by atoms with E-state index in [1.54, 1.807) is 0 Å². The predicted octanol–water partition coefficient (Wildman–Crippen LogP) is 1.52. The first-order valence-corrected chi connectivity index (χ1v) is 7.48. The van der Waals surface area contributed by atoms with Crippen LogP contribution in [-0.4, -0.2) is 60.5 Å². The molecule has 0 aromatic heterocycles. The summed E-state index contributed by atoms with van der Waals surface area (Å²) in [5.41, 5.74) is 0. The summed E-state index contributed by atoms with van der Waals surface area (Å²) < 4.78 is 4.81. The van der Waals surface area contributed by atoms with Crippen LogP contribution >= 0.6 is 0 Å². The van der Waals surface area contributed by atoms with Crippen molar-refractivity contribution in [3.8, 4) is 0 Å². The summed E-state index contributed by atoms with van der Waals surface area (Å²) in [5, 5.41) is 0. The number of piperidine rings is 1. The van der Waals surface area contributed by atoms with Crippen LogP contribution in [0.3, 0.4) is 0 Å². The molecule has 1 aliphatic rings. The highest BCUT2D eigenvalue weighted by Crippen LogP contribution is 2.18. The highest BCUT2D eigenvalue weighted by atomic mass is 16.5. The van der Waals surface area contributed by atoms with Gasteiger partial charge in [-0.05, 0) is 47.1 Å². The Kier molecular flexibility index (Phi) is 6.46. The fourth-order valence-electron chi connectivity index (χ4n) is 3.00. The van der Waals surface area contributed by atoms with Gasteiger partial charge in [-0.25, -0.2) is 0 Å². The SMILES string of the molecule is COC(=O)C1CCCN(CC(=O)N(C(C)C)C(C)C)C1. The molecule has 1 saturated heterocycles. The van der Waals surface area contributed by atoms with Crippen LogP contribution in [0.5, 0.6) is 0 Å². The summed E-state index contributed by atoms with van der Waals surface area (Å²) >= 11 is 0. The van der Waals surface area contributed by atoms with E-state index in [-0.39, 0.29) is 29.9 Å². The lowest BCUT2D eigenvalue weighted by Crippen LogP contribution is -2.49. The van der Waals surface area contributed by atoms with Crippen molar-refractivity contribution in [1.29, 1.82) is 0 Å². The Hall–Kier alpha value is -1.10. The first kappa shape index (κ1) is 17.0. The van der Waals surface area contributed by atoms with Crippen molar-refractivity contribution in [2.24, 2.45) is 5.92 Å². The maximum Gasteiger partial charge on any atom is 0.309 e. The number of nitrogens with zero attached hydrogens (tertiary/aromatic N) is 2. The fraction of sp³-hybridized carbons (Fsp3) is 0.867. The van der Waals surface area contributed by atoms with Gasteiger partial charge in [-0.3, -0.25) is 14.5 Å². The topological polar surface area (TPSA) is 49.9 Å². The number of amides is 1. The van der Waals surface area contributed by atoms with Gasteiger partial charge in [0.1, 0.15) is 0 Å². The third-order valence-electron chi connectivity index (χ3n) is 3.80. The second-order valence-electron chi connectivity index (χ2n) is 6.09. The molecule has 5 heteroatoms. The van der Waals surface area contributed by atoms with Crippen LogP contribution in [0.4, 0.5) is 0 Å². The molecule has 0 saturated carbocycles. The van der Waals surface area contributed by atoms with E-state index in [1.165, 1.54) is 7.11 Å². The molecule has 0 aliphatic carbocycles. The molecule has 0 aromatic rings. The lowest BCUT2D eigenvalue weighted by molar-refractivity contribution is -0.148. The molecule has 0 bridgehead atoms. The number of hydrogen-bond donors (Lipinski definition) is 0. The van der Waals surface area contributed by atoms with Crippen LogP contribution in [0.15, 0.2) is 0 Å². The zero-order chi connectivity index (χ0) is 15.3. The second kappa shape index (κ2) is 7.62. The molecule has 1 rings (SSSR count). The zero-order valence-electron chi connectivity index (χ0n) is 13.4. The van der Waals surface area contributed by atoms with Gasteiger partial charge in [-0.1, -0.05) is 0 Å². The Bertz CT molecular complexity index is 334. The molecular formula is C15H28N2O3. The van der Waals surface area contributed by atoms with E-state index in [2.05, 4.69) is 4.90 Å². The molecule has 1 amide bonds. The van der Waals surface area contributed by atoms with Crippen molar-refractivity contribution in [2.75, 3.05) is 26.7 Å². The Morgan fingerprint density at radius 1 is 1.25 bits per heavy atom. The Morgan fingerprint density at radius 3 is 2.35 bits per heavy atom. The van der Waals surface area contributed by atoms with Gasteiger partial charge < -0.3 is 9.64 Å². The molecule has 116 valence electrons. The second-order valence-corrected chi connectivity index (χ2v) is 6.09. The molecule has 1 atom stereocenters. The van der Waals surface area contributed by atoms with Crippen molar-refractivity contribution in [1.82, 2.24) is 9.80 Å². The van der Waals surface area contributed by atoms with E-state index in [9.17, 15) is 9.59 Å². The van der Waals surface area contributed by atoms with E-state index in [4.69, 9.17) is 4.74 Å². The third kappa shape index (κ3) is 4.47. The van der Waals surface area contributed by atoms with Crippen LogP contribution in [0.1, 0.15) is 40.5 Å². The quantitative estimate of drug-likeness (QED) is 0.718. The summed E-state index contributed by atoms with van der Waals surface area (Å²) in [6.45, 7) is 10.0. The minimum absolute atomic E-state index is 0.0897. The predicted molar refractivity (Wildman–Crippen MR) is 78.3 cm³/mol. The monoisotopic (exact) mass is 284 g/mol. The van der Waals surface area contributed by atoms with Crippen LogP contribution < -0.4 is 0 Å². The van der Waals surface area contributed by atoms with Gasteiger partial charge in [-0.2, -0.15) is 0 Å².